The Morgan fingerprint density at radius 1 is 1.08 bits per heavy atom. The molecule has 0 aliphatic heterocycles. The molecule has 0 radical (unpaired) electrons. The SMILES string of the molecule is Cc1ccc(NS(=O)(=O)Cc2ccccc2)c(O)c1CC(=O)N[C@H](C=O)Cc1cccc(C(=N)N)c1. The normalized spacial score (nSPS) is 11.9. The molecule has 0 bridgehead atoms. The fourth-order valence-corrected chi connectivity index (χ4v) is 4.91. The number of phenolic OH excluding ortho intramolecular Hbond substituents is 1. The first-order chi connectivity index (χ1) is 17.1. The third kappa shape index (κ3) is 7.16. The molecule has 3 aromatic rings. The number of nitrogens with two attached hydrogens (primary N) is 1. The number of nitrogens with one attached hydrogen (secondary N) is 3. The van der Waals surface area contributed by atoms with Gasteiger partial charge in [0.25, 0.3) is 0 Å². The van der Waals surface area contributed by atoms with E-state index in [1.807, 2.05) is 0 Å². The predicted octanol–water partition coefficient (Wildman–Crippen LogP) is 2.40. The maximum atomic E-state index is 12.7. The van der Waals surface area contributed by atoms with Crippen molar-refractivity contribution < 1.29 is 23.1 Å². The fourth-order valence-electron chi connectivity index (χ4n) is 3.71. The van der Waals surface area contributed by atoms with Crippen LogP contribution >= 0.6 is 0 Å². The molecule has 9 nitrogen and oxygen atoms in total. The lowest BCUT2D eigenvalue weighted by molar-refractivity contribution is -0.123. The van der Waals surface area contributed by atoms with E-state index >= 15 is 0 Å². The Labute approximate surface area is 209 Å². The third-order valence-electron chi connectivity index (χ3n) is 5.52. The van der Waals surface area contributed by atoms with Crippen LogP contribution in [0.15, 0.2) is 66.7 Å². The first kappa shape index (κ1) is 26.4. The van der Waals surface area contributed by atoms with Gasteiger partial charge in [0.1, 0.15) is 17.9 Å². The van der Waals surface area contributed by atoms with Crippen molar-refractivity contribution >= 4 is 33.7 Å². The molecule has 1 amide bonds. The van der Waals surface area contributed by atoms with Gasteiger partial charge < -0.3 is 21.0 Å². The smallest absolute Gasteiger partial charge is 0.237 e. The highest BCUT2D eigenvalue weighted by molar-refractivity contribution is 7.91. The van der Waals surface area contributed by atoms with Gasteiger partial charge >= 0.3 is 0 Å². The van der Waals surface area contributed by atoms with Gasteiger partial charge in [0.05, 0.1) is 23.9 Å². The van der Waals surface area contributed by atoms with Crippen molar-refractivity contribution in [3.05, 3.63) is 94.5 Å². The van der Waals surface area contributed by atoms with Gasteiger partial charge in [-0.05, 0) is 42.2 Å². The molecule has 10 heteroatoms. The summed E-state index contributed by atoms with van der Waals surface area (Å²) in [5.41, 5.74) is 8.12. The Kier molecular flexibility index (Phi) is 8.44. The van der Waals surface area contributed by atoms with Crippen LogP contribution < -0.4 is 15.8 Å². The zero-order valence-corrected chi connectivity index (χ0v) is 20.5. The third-order valence-corrected chi connectivity index (χ3v) is 6.77. The molecule has 3 rings (SSSR count). The van der Waals surface area contributed by atoms with Crippen LogP contribution in [-0.2, 0) is 38.2 Å². The Bertz CT molecular complexity index is 1370. The number of amidine groups is 1. The van der Waals surface area contributed by atoms with E-state index < -0.39 is 22.0 Å². The van der Waals surface area contributed by atoms with E-state index in [9.17, 15) is 23.1 Å². The van der Waals surface area contributed by atoms with E-state index in [1.165, 1.54) is 6.07 Å². The molecule has 0 saturated heterocycles. The monoisotopic (exact) mass is 508 g/mol. The molecular formula is C26H28N4O5S. The number of sulfonamides is 1. The van der Waals surface area contributed by atoms with Crippen molar-refractivity contribution in [3.8, 4) is 5.75 Å². The number of benzene rings is 3. The van der Waals surface area contributed by atoms with Crippen molar-refractivity contribution in [2.75, 3.05) is 4.72 Å². The lowest BCUT2D eigenvalue weighted by atomic mass is 10.0. The zero-order chi connectivity index (χ0) is 26.3. The predicted molar refractivity (Wildman–Crippen MR) is 138 cm³/mol. The Balaban J connectivity index is 1.71. The van der Waals surface area contributed by atoms with Gasteiger partial charge in [0, 0.05) is 11.1 Å². The number of aryl methyl sites for hydroxylation is 1. The topological polar surface area (TPSA) is 162 Å². The first-order valence-electron chi connectivity index (χ1n) is 11.1. The second kappa shape index (κ2) is 11.5. The summed E-state index contributed by atoms with van der Waals surface area (Å²) >= 11 is 0. The molecular weight excluding hydrogens is 480 g/mol. The first-order valence-corrected chi connectivity index (χ1v) is 12.8. The molecule has 0 heterocycles. The Morgan fingerprint density at radius 2 is 1.78 bits per heavy atom. The van der Waals surface area contributed by atoms with E-state index in [1.54, 1.807) is 67.6 Å². The van der Waals surface area contributed by atoms with Crippen LogP contribution in [0.5, 0.6) is 5.75 Å². The van der Waals surface area contributed by atoms with Crippen molar-refractivity contribution in [3.63, 3.8) is 0 Å². The number of nitrogen functional groups attached to an aromatic ring is 1. The van der Waals surface area contributed by atoms with Crippen LogP contribution in [0.3, 0.4) is 0 Å². The van der Waals surface area contributed by atoms with Crippen LogP contribution in [0.25, 0.3) is 0 Å². The van der Waals surface area contributed by atoms with Crippen molar-refractivity contribution in [2.45, 2.75) is 31.6 Å². The summed E-state index contributed by atoms with van der Waals surface area (Å²) in [7, 11) is -3.82. The van der Waals surface area contributed by atoms with E-state index in [-0.39, 0.29) is 41.4 Å². The van der Waals surface area contributed by atoms with Gasteiger partial charge in [-0.1, -0.05) is 54.6 Å². The average Bonchev–Trinajstić information content (AvgIpc) is 2.83. The van der Waals surface area contributed by atoms with Gasteiger partial charge in [0.2, 0.25) is 15.9 Å². The van der Waals surface area contributed by atoms with Crippen LogP contribution in [-0.4, -0.2) is 37.6 Å². The number of phenols is 1. The van der Waals surface area contributed by atoms with Crippen LogP contribution in [0.1, 0.15) is 27.8 Å². The molecule has 3 aromatic carbocycles. The number of aldehydes is 1. The number of rotatable bonds is 11. The zero-order valence-electron chi connectivity index (χ0n) is 19.7. The number of hydrogen-bond donors (Lipinski definition) is 5. The summed E-state index contributed by atoms with van der Waals surface area (Å²) in [6, 6.07) is 17.6. The largest absolute Gasteiger partial charge is 0.505 e. The highest BCUT2D eigenvalue weighted by Gasteiger charge is 2.20. The van der Waals surface area contributed by atoms with Crippen molar-refractivity contribution in [1.82, 2.24) is 5.32 Å². The molecule has 0 fully saturated rings. The second-order valence-corrected chi connectivity index (χ2v) is 10.1. The summed E-state index contributed by atoms with van der Waals surface area (Å²) < 4.78 is 27.6. The molecule has 0 spiro atoms. The summed E-state index contributed by atoms with van der Waals surface area (Å²) in [5, 5.41) is 20.9. The highest BCUT2D eigenvalue weighted by Crippen LogP contribution is 2.32. The minimum Gasteiger partial charge on any atom is -0.505 e. The maximum Gasteiger partial charge on any atom is 0.237 e. The van der Waals surface area contributed by atoms with E-state index in [2.05, 4.69) is 10.0 Å². The maximum absolute atomic E-state index is 12.7. The minimum atomic E-state index is -3.82. The van der Waals surface area contributed by atoms with Gasteiger partial charge in [-0.2, -0.15) is 0 Å². The Hall–Kier alpha value is -4.18. The molecule has 0 aromatic heterocycles. The lowest BCUT2D eigenvalue weighted by Gasteiger charge is -2.17. The van der Waals surface area contributed by atoms with Crippen molar-refractivity contribution in [2.24, 2.45) is 5.73 Å². The second-order valence-electron chi connectivity index (χ2n) is 8.41. The summed E-state index contributed by atoms with van der Waals surface area (Å²) in [5.74, 6) is -1.24. The number of hydrogen-bond acceptors (Lipinski definition) is 6. The van der Waals surface area contributed by atoms with E-state index in [4.69, 9.17) is 11.1 Å². The van der Waals surface area contributed by atoms with Gasteiger partial charge in [-0.3, -0.25) is 14.9 Å². The number of aromatic hydroxyl groups is 1. The summed E-state index contributed by atoms with van der Waals surface area (Å²) in [6.45, 7) is 1.69. The number of anilines is 1. The average molecular weight is 509 g/mol. The van der Waals surface area contributed by atoms with Crippen LogP contribution in [0.4, 0.5) is 5.69 Å². The van der Waals surface area contributed by atoms with Crippen molar-refractivity contribution in [1.29, 1.82) is 5.41 Å². The quantitative estimate of drug-likeness (QED) is 0.116. The van der Waals surface area contributed by atoms with Crippen LogP contribution in [0.2, 0.25) is 0 Å². The molecule has 6 N–H and O–H groups in total. The minimum absolute atomic E-state index is 0.0349. The van der Waals surface area contributed by atoms with Crippen LogP contribution in [0, 0.1) is 12.3 Å². The van der Waals surface area contributed by atoms with E-state index in [0.29, 0.717) is 28.5 Å². The molecule has 0 saturated carbocycles. The lowest BCUT2D eigenvalue weighted by Crippen LogP contribution is -2.38. The number of carbonyl (C=O) groups is 2. The molecule has 188 valence electrons. The summed E-state index contributed by atoms with van der Waals surface area (Å²) in [4.78, 5) is 24.3. The van der Waals surface area contributed by atoms with Gasteiger partial charge in [-0.25, -0.2) is 8.42 Å². The number of carbonyl (C=O) groups excluding carboxylic acids is 2. The standard InChI is InChI=1S/C26H28N4O5S/c1-17-10-11-23(30-36(34,35)16-18-6-3-2-4-7-18)25(33)22(17)14-24(32)29-21(15-31)13-19-8-5-9-20(12-19)26(27)28/h2-12,15,21,30,33H,13-14,16H2,1H3,(H3,27,28)(H,29,32)/t21-/m0/s1. The molecule has 36 heavy (non-hydrogen) atoms. The molecule has 0 aliphatic carbocycles. The Morgan fingerprint density at radius 3 is 2.44 bits per heavy atom. The molecule has 0 unspecified atom stereocenters. The number of amides is 1. The highest BCUT2D eigenvalue weighted by atomic mass is 32.2. The fraction of sp³-hybridized carbons (Fsp3) is 0.192. The summed E-state index contributed by atoms with van der Waals surface area (Å²) in [6.07, 6.45) is 0.545. The molecule has 0 aliphatic rings. The van der Waals surface area contributed by atoms with E-state index in [0.717, 1.165) is 0 Å². The van der Waals surface area contributed by atoms with Gasteiger partial charge in [0.15, 0.2) is 0 Å². The molecule has 1 atom stereocenters. The van der Waals surface area contributed by atoms with Gasteiger partial charge in [-0.15, -0.1) is 0 Å².